The third-order valence-electron chi connectivity index (χ3n) is 3.31. The first-order valence-electron chi connectivity index (χ1n) is 6.60. The number of carbonyl (C=O) groups is 2. The van der Waals surface area contributed by atoms with Crippen molar-refractivity contribution in [3.8, 4) is 0 Å². The summed E-state index contributed by atoms with van der Waals surface area (Å²) in [6.45, 7) is 0. The maximum Gasteiger partial charge on any atom is 0.460 e. The Labute approximate surface area is 142 Å². The van der Waals surface area contributed by atoms with Gasteiger partial charge < -0.3 is 0 Å². The van der Waals surface area contributed by atoms with E-state index >= 15 is 0 Å². The Morgan fingerprint density at radius 1 is 0.667 bits per heavy atom. The molecule has 0 heterocycles. The molecule has 0 amide bonds. The molecule has 0 aliphatic carbocycles. The average molecular weight is 416 g/mol. The molecule has 0 saturated carbocycles. The van der Waals surface area contributed by atoms with Crippen molar-refractivity contribution >= 4 is 11.6 Å². The van der Waals surface area contributed by atoms with Crippen LogP contribution in [0.25, 0.3) is 0 Å². The van der Waals surface area contributed by atoms with Gasteiger partial charge in [-0.05, 0) is 0 Å². The summed E-state index contributed by atoms with van der Waals surface area (Å²) in [7, 11) is 0. The van der Waals surface area contributed by atoms with Crippen molar-refractivity contribution in [1.82, 2.24) is 0 Å². The van der Waals surface area contributed by atoms with Crippen LogP contribution in [-0.2, 0) is 4.79 Å². The molecule has 0 bridgehead atoms. The SMILES string of the molecule is O=C(CC(=O)C(F)(F)C(F)(F)C(F)(F)C(F)(F)C(F)(F)F)c1ccccc1. The van der Waals surface area contributed by atoms with Gasteiger partial charge in [0.05, 0.1) is 6.42 Å². The van der Waals surface area contributed by atoms with Crippen LogP contribution in [0.4, 0.5) is 48.3 Å². The van der Waals surface area contributed by atoms with Crippen molar-refractivity contribution in [2.75, 3.05) is 0 Å². The molecule has 0 aromatic heterocycles. The molecule has 0 aliphatic heterocycles. The van der Waals surface area contributed by atoms with Crippen LogP contribution in [0.1, 0.15) is 16.8 Å². The molecular formula is C14H7F11O2. The molecule has 0 radical (unpaired) electrons. The Morgan fingerprint density at radius 3 is 1.52 bits per heavy atom. The topological polar surface area (TPSA) is 34.1 Å². The highest BCUT2D eigenvalue weighted by atomic mass is 19.4. The van der Waals surface area contributed by atoms with Gasteiger partial charge >= 0.3 is 29.9 Å². The molecule has 0 unspecified atom stereocenters. The van der Waals surface area contributed by atoms with Crippen LogP contribution in [0, 0.1) is 0 Å². The zero-order valence-electron chi connectivity index (χ0n) is 12.6. The van der Waals surface area contributed by atoms with Crippen molar-refractivity contribution in [2.45, 2.75) is 36.3 Å². The van der Waals surface area contributed by atoms with E-state index in [1.165, 1.54) is 6.07 Å². The number of benzene rings is 1. The molecule has 27 heavy (non-hydrogen) atoms. The van der Waals surface area contributed by atoms with Gasteiger partial charge in [-0.3, -0.25) is 9.59 Å². The number of rotatable bonds is 7. The van der Waals surface area contributed by atoms with E-state index in [0.29, 0.717) is 0 Å². The third-order valence-corrected chi connectivity index (χ3v) is 3.31. The highest BCUT2D eigenvalue weighted by Gasteiger charge is 2.88. The van der Waals surface area contributed by atoms with Crippen LogP contribution in [0.15, 0.2) is 30.3 Å². The Hall–Kier alpha value is -2.21. The number of alkyl halides is 11. The minimum absolute atomic E-state index is 0.489. The van der Waals surface area contributed by atoms with Gasteiger partial charge in [-0.2, -0.15) is 48.3 Å². The second-order valence-corrected chi connectivity index (χ2v) is 5.18. The zero-order chi connectivity index (χ0) is 21.5. The highest BCUT2D eigenvalue weighted by Crippen LogP contribution is 2.57. The maximum absolute atomic E-state index is 13.5. The van der Waals surface area contributed by atoms with Crippen LogP contribution < -0.4 is 0 Å². The summed E-state index contributed by atoms with van der Waals surface area (Å²) in [6.07, 6.45) is -9.46. The van der Waals surface area contributed by atoms with Gasteiger partial charge in [-0.25, -0.2) is 0 Å². The van der Waals surface area contributed by atoms with Crippen molar-refractivity contribution in [3.05, 3.63) is 35.9 Å². The molecule has 0 spiro atoms. The van der Waals surface area contributed by atoms with Gasteiger partial charge in [-0.1, -0.05) is 30.3 Å². The first kappa shape index (κ1) is 22.8. The Balaban J connectivity index is 3.23. The lowest BCUT2D eigenvalue weighted by Crippen LogP contribution is -2.68. The molecule has 0 fully saturated rings. The second kappa shape index (κ2) is 6.75. The lowest BCUT2D eigenvalue weighted by molar-refractivity contribution is -0.416. The van der Waals surface area contributed by atoms with Gasteiger partial charge in [0.15, 0.2) is 5.78 Å². The molecule has 152 valence electrons. The van der Waals surface area contributed by atoms with E-state index in [4.69, 9.17) is 0 Å². The van der Waals surface area contributed by atoms with Gasteiger partial charge in [0.2, 0.25) is 5.78 Å². The van der Waals surface area contributed by atoms with E-state index in [2.05, 4.69) is 0 Å². The van der Waals surface area contributed by atoms with Crippen molar-refractivity contribution in [1.29, 1.82) is 0 Å². The summed E-state index contributed by atoms with van der Waals surface area (Å²) >= 11 is 0. The van der Waals surface area contributed by atoms with Crippen LogP contribution >= 0.6 is 0 Å². The molecule has 2 nitrogen and oxygen atoms in total. The fourth-order valence-corrected chi connectivity index (χ4v) is 1.73. The molecule has 1 aromatic rings. The van der Waals surface area contributed by atoms with E-state index in [1.807, 2.05) is 0 Å². The van der Waals surface area contributed by atoms with Gasteiger partial charge in [0.1, 0.15) is 0 Å². The van der Waals surface area contributed by atoms with Crippen LogP contribution in [0.3, 0.4) is 0 Å². The fraction of sp³-hybridized carbons (Fsp3) is 0.429. The van der Waals surface area contributed by atoms with E-state index in [9.17, 15) is 57.9 Å². The second-order valence-electron chi connectivity index (χ2n) is 5.18. The Morgan fingerprint density at radius 2 is 1.11 bits per heavy atom. The molecular weight excluding hydrogens is 409 g/mol. The first-order chi connectivity index (χ1) is 11.9. The third kappa shape index (κ3) is 3.63. The highest BCUT2D eigenvalue weighted by molar-refractivity contribution is 6.10. The first-order valence-corrected chi connectivity index (χ1v) is 6.60. The summed E-state index contributed by atoms with van der Waals surface area (Å²) in [6, 6.07) is 5.49. The standard InChI is InChI=1S/C14H7F11O2/c15-10(16,9(27)6-8(26)7-4-2-1-3-5-7)11(17,18)12(19,20)13(21,22)14(23,24)25/h1-5H,6H2. The van der Waals surface area contributed by atoms with E-state index in [1.54, 1.807) is 0 Å². The van der Waals surface area contributed by atoms with E-state index in [-0.39, 0.29) is 0 Å². The van der Waals surface area contributed by atoms with E-state index in [0.717, 1.165) is 24.3 Å². The van der Waals surface area contributed by atoms with E-state index < -0.39 is 53.4 Å². The molecule has 0 saturated heterocycles. The molecule has 0 aliphatic rings. The van der Waals surface area contributed by atoms with Crippen LogP contribution in [-0.4, -0.2) is 41.4 Å². The number of Topliss-reactive ketones (excluding diaryl/α,β-unsaturated/α-hetero) is 2. The van der Waals surface area contributed by atoms with Crippen molar-refractivity contribution in [3.63, 3.8) is 0 Å². The molecule has 13 heteroatoms. The minimum Gasteiger partial charge on any atom is -0.294 e. The number of ketones is 2. The number of hydrogen-bond donors (Lipinski definition) is 0. The molecule has 1 rings (SSSR count). The van der Waals surface area contributed by atoms with Gasteiger partial charge in [0, 0.05) is 5.56 Å². The lowest BCUT2D eigenvalue weighted by Gasteiger charge is -2.36. The predicted molar refractivity (Wildman–Crippen MR) is 66.2 cm³/mol. The monoisotopic (exact) mass is 416 g/mol. The number of hydrogen-bond acceptors (Lipinski definition) is 2. The van der Waals surface area contributed by atoms with Crippen molar-refractivity contribution < 1.29 is 57.9 Å². The summed E-state index contributed by atoms with van der Waals surface area (Å²) in [4.78, 5) is 22.7. The summed E-state index contributed by atoms with van der Waals surface area (Å²) in [5, 5.41) is 0. The average Bonchev–Trinajstić information content (AvgIpc) is 2.53. The zero-order valence-corrected chi connectivity index (χ0v) is 12.6. The van der Waals surface area contributed by atoms with Crippen LogP contribution in [0.5, 0.6) is 0 Å². The predicted octanol–water partition coefficient (Wildman–Crippen LogP) is 4.93. The number of halogens is 11. The summed E-state index contributed by atoms with van der Waals surface area (Å²) in [5.74, 6) is -34.2. The fourth-order valence-electron chi connectivity index (χ4n) is 1.73. The normalized spacial score (nSPS) is 14.2. The van der Waals surface area contributed by atoms with Gasteiger partial charge in [0.25, 0.3) is 0 Å². The molecule has 1 aromatic carbocycles. The lowest BCUT2D eigenvalue weighted by atomic mass is 9.92. The maximum atomic E-state index is 13.5. The Bertz CT molecular complexity index is 708. The minimum atomic E-state index is -7.69. The summed E-state index contributed by atoms with van der Waals surface area (Å²) in [5.41, 5.74) is -0.489. The smallest absolute Gasteiger partial charge is 0.294 e. The Kier molecular flexibility index (Phi) is 5.71. The number of carbonyl (C=O) groups excluding carboxylic acids is 2. The molecule has 0 N–H and O–H groups in total. The molecule has 0 atom stereocenters. The van der Waals surface area contributed by atoms with Gasteiger partial charge in [-0.15, -0.1) is 0 Å². The largest absolute Gasteiger partial charge is 0.460 e. The van der Waals surface area contributed by atoms with Crippen molar-refractivity contribution in [2.24, 2.45) is 0 Å². The summed E-state index contributed by atoms with van der Waals surface area (Å²) < 4.78 is 141. The quantitative estimate of drug-likeness (QED) is 0.359. The van der Waals surface area contributed by atoms with Crippen LogP contribution in [0.2, 0.25) is 0 Å².